The lowest BCUT2D eigenvalue weighted by molar-refractivity contribution is 0.355. The smallest absolute Gasteiger partial charge is 0.254 e. The van der Waals surface area contributed by atoms with Crippen LogP contribution in [0.3, 0.4) is 0 Å². The summed E-state index contributed by atoms with van der Waals surface area (Å²) in [6.07, 6.45) is 4.59. The van der Waals surface area contributed by atoms with E-state index in [2.05, 4.69) is 15.1 Å². The van der Waals surface area contributed by atoms with Crippen LogP contribution >= 0.6 is 0 Å². The van der Waals surface area contributed by atoms with Gasteiger partial charge in [-0.25, -0.2) is 18.1 Å². The Labute approximate surface area is 179 Å². The molecule has 0 saturated carbocycles. The Morgan fingerprint density at radius 1 is 0.871 bits per heavy atom. The predicted octanol–water partition coefficient (Wildman–Crippen LogP) is 2.91. The molecule has 0 bridgehead atoms. The highest BCUT2D eigenvalue weighted by molar-refractivity contribution is 7.90. The molecule has 0 atom stereocenters. The molecule has 0 aliphatic heterocycles. The van der Waals surface area contributed by atoms with Gasteiger partial charge in [0.05, 0.1) is 43.3 Å². The highest BCUT2D eigenvalue weighted by Crippen LogP contribution is 2.35. The van der Waals surface area contributed by atoms with Crippen molar-refractivity contribution in [2.75, 3.05) is 27.6 Å². The number of rotatable bonds is 6. The molecule has 2 aromatic heterocycles. The Bertz CT molecular complexity index is 1360. The second-order valence-corrected chi connectivity index (χ2v) is 8.74. The minimum Gasteiger partial charge on any atom is -0.493 e. The van der Waals surface area contributed by atoms with Gasteiger partial charge in [0.1, 0.15) is 0 Å². The average Bonchev–Trinajstić information content (AvgIpc) is 3.27. The SMILES string of the molecule is COc1cc2nc(-n3cc(-c4ccc(S(C)(=O)=O)cc4)cn3)nc(OC)c2cc1OC. The Morgan fingerprint density at radius 2 is 1.55 bits per heavy atom. The molecule has 0 saturated heterocycles. The van der Waals surface area contributed by atoms with Crippen molar-refractivity contribution in [1.82, 2.24) is 19.7 Å². The van der Waals surface area contributed by atoms with Crippen molar-refractivity contribution in [2.45, 2.75) is 4.90 Å². The van der Waals surface area contributed by atoms with Crippen LogP contribution in [0.25, 0.3) is 28.0 Å². The lowest BCUT2D eigenvalue weighted by atomic mass is 10.1. The van der Waals surface area contributed by atoms with Crippen molar-refractivity contribution in [3.63, 3.8) is 0 Å². The molecule has 0 radical (unpaired) electrons. The monoisotopic (exact) mass is 440 g/mol. The molecule has 4 aromatic rings. The van der Waals surface area contributed by atoms with Crippen molar-refractivity contribution in [1.29, 1.82) is 0 Å². The Balaban J connectivity index is 1.76. The summed E-state index contributed by atoms with van der Waals surface area (Å²) in [5.41, 5.74) is 2.21. The summed E-state index contributed by atoms with van der Waals surface area (Å²) in [4.78, 5) is 9.31. The van der Waals surface area contributed by atoms with Gasteiger partial charge in [0.2, 0.25) is 5.88 Å². The molecule has 0 amide bonds. The first-order valence-electron chi connectivity index (χ1n) is 9.17. The summed E-state index contributed by atoms with van der Waals surface area (Å²) >= 11 is 0. The number of nitrogens with zero attached hydrogens (tertiary/aromatic N) is 4. The fourth-order valence-corrected chi connectivity index (χ4v) is 3.78. The fraction of sp³-hybridized carbons (Fsp3) is 0.190. The maximum atomic E-state index is 11.7. The van der Waals surface area contributed by atoms with E-state index in [0.29, 0.717) is 34.2 Å². The molecule has 0 aliphatic carbocycles. The number of aromatic nitrogens is 4. The third-order valence-corrected chi connectivity index (χ3v) is 5.88. The Hall–Kier alpha value is -3.66. The molecule has 0 N–H and O–H groups in total. The summed E-state index contributed by atoms with van der Waals surface area (Å²) in [5.74, 6) is 1.77. The van der Waals surface area contributed by atoms with E-state index < -0.39 is 9.84 Å². The Morgan fingerprint density at radius 3 is 2.16 bits per heavy atom. The summed E-state index contributed by atoms with van der Waals surface area (Å²) in [5, 5.41) is 5.03. The first-order valence-corrected chi connectivity index (χ1v) is 11.1. The van der Waals surface area contributed by atoms with E-state index in [0.717, 1.165) is 11.1 Å². The van der Waals surface area contributed by atoms with Gasteiger partial charge in [-0.3, -0.25) is 0 Å². The van der Waals surface area contributed by atoms with Crippen LogP contribution < -0.4 is 14.2 Å². The topological polar surface area (TPSA) is 105 Å². The minimum atomic E-state index is -3.25. The molecule has 10 heteroatoms. The van der Waals surface area contributed by atoms with Gasteiger partial charge in [-0.05, 0) is 23.8 Å². The van der Waals surface area contributed by atoms with Crippen LogP contribution in [0, 0.1) is 0 Å². The molecule has 0 fully saturated rings. The summed E-state index contributed by atoms with van der Waals surface area (Å²) in [7, 11) is 1.38. The van der Waals surface area contributed by atoms with E-state index in [1.54, 1.807) is 63.0 Å². The standard InChI is InChI=1S/C21H20N4O5S/c1-28-18-9-16-17(10-19(18)29-2)23-21(24-20(16)30-3)25-12-14(11-22-25)13-5-7-15(8-6-13)31(4,26)27/h5-12H,1-4H3. The fourth-order valence-electron chi connectivity index (χ4n) is 3.15. The zero-order valence-electron chi connectivity index (χ0n) is 17.4. The van der Waals surface area contributed by atoms with E-state index in [9.17, 15) is 8.42 Å². The normalized spacial score (nSPS) is 11.5. The zero-order valence-corrected chi connectivity index (χ0v) is 18.2. The Kier molecular flexibility index (Phi) is 5.24. The zero-order chi connectivity index (χ0) is 22.2. The van der Waals surface area contributed by atoms with Crippen LogP contribution in [0.1, 0.15) is 0 Å². The van der Waals surface area contributed by atoms with Crippen LogP contribution in [-0.4, -0.2) is 55.8 Å². The van der Waals surface area contributed by atoms with Crippen LogP contribution in [0.5, 0.6) is 17.4 Å². The maximum absolute atomic E-state index is 11.7. The maximum Gasteiger partial charge on any atom is 0.254 e. The highest BCUT2D eigenvalue weighted by Gasteiger charge is 2.16. The molecule has 0 spiro atoms. The predicted molar refractivity (Wildman–Crippen MR) is 115 cm³/mol. The molecule has 2 aromatic carbocycles. The largest absolute Gasteiger partial charge is 0.493 e. The summed E-state index contributed by atoms with van der Waals surface area (Å²) in [6.45, 7) is 0. The van der Waals surface area contributed by atoms with E-state index in [1.807, 2.05) is 0 Å². The molecule has 160 valence electrons. The van der Waals surface area contributed by atoms with E-state index in [4.69, 9.17) is 14.2 Å². The lowest BCUT2D eigenvalue weighted by Crippen LogP contribution is -2.04. The molecular weight excluding hydrogens is 420 g/mol. The van der Waals surface area contributed by atoms with Crippen LogP contribution in [0.2, 0.25) is 0 Å². The van der Waals surface area contributed by atoms with Crippen molar-refractivity contribution < 1.29 is 22.6 Å². The van der Waals surface area contributed by atoms with E-state index in [1.165, 1.54) is 18.0 Å². The summed E-state index contributed by atoms with van der Waals surface area (Å²) in [6, 6.07) is 10.1. The number of hydrogen-bond donors (Lipinski definition) is 0. The van der Waals surface area contributed by atoms with Crippen LogP contribution in [0.15, 0.2) is 53.7 Å². The van der Waals surface area contributed by atoms with Gasteiger partial charge in [-0.1, -0.05) is 12.1 Å². The molecule has 2 heterocycles. The second kappa shape index (κ2) is 7.88. The number of methoxy groups -OCH3 is 3. The first-order chi connectivity index (χ1) is 14.8. The van der Waals surface area contributed by atoms with Gasteiger partial charge in [0.15, 0.2) is 21.3 Å². The molecule has 4 rings (SSSR count). The van der Waals surface area contributed by atoms with Gasteiger partial charge in [0, 0.05) is 24.1 Å². The van der Waals surface area contributed by atoms with Crippen LogP contribution in [-0.2, 0) is 9.84 Å². The summed E-state index contributed by atoms with van der Waals surface area (Å²) < 4.78 is 41.0. The van der Waals surface area contributed by atoms with E-state index >= 15 is 0 Å². The number of ether oxygens (including phenoxy) is 3. The van der Waals surface area contributed by atoms with E-state index in [-0.39, 0.29) is 4.90 Å². The van der Waals surface area contributed by atoms with Crippen molar-refractivity contribution in [3.05, 3.63) is 48.8 Å². The van der Waals surface area contributed by atoms with Gasteiger partial charge < -0.3 is 14.2 Å². The highest BCUT2D eigenvalue weighted by atomic mass is 32.2. The number of hydrogen-bond acceptors (Lipinski definition) is 8. The van der Waals surface area contributed by atoms with Crippen molar-refractivity contribution in [2.24, 2.45) is 0 Å². The average molecular weight is 440 g/mol. The number of fused-ring (bicyclic) bond motifs is 1. The van der Waals surface area contributed by atoms with Gasteiger partial charge in [-0.2, -0.15) is 10.1 Å². The van der Waals surface area contributed by atoms with Gasteiger partial charge >= 0.3 is 0 Å². The number of sulfone groups is 1. The molecule has 0 aliphatic rings. The molecular formula is C21H20N4O5S. The van der Waals surface area contributed by atoms with Crippen molar-refractivity contribution >= 4 is 20.7 Å². The van der Waals surface area contributed by atoms with Gasteiger partial charge in [0.25, 0.3) is 5.95 Å². The third kappa shape index (κ3) is 3.89. The molecule has 31 heavy (non-hydrogen) atoms. The lowest BCUT2D eigenvalue weighted by Gasteiger charge is -2.11. The van der Waals surface area contributed by atoms with Crippen LogP contribution in [0.4, 0.5) is 0 Å². The minimum absolute atomic E-state index is 0.260. The second-order valence-electron chi connectivity index (χ2n) is 6.73. The molecule has 0 unspecified atom stereocenters. The third-order valence-electron chi connectivity index (χ3n) is 4.75. The quantitative estimate of drug-likeness (QED) is 0.451. The number of benzene rings is 2. The molecule has 9 nitrogen and oxygen atoms in total. The first kappa shape index (κ1) is 20.6. The van der Waals surface area contributed by atoms with Gasteiger partial charge in [-0.15, -0.1) is 0 Å². The van der Waals surface area contributed by atoms with Crippen molar-refractivity contribution in [3.8, 4) is 34.5 Å².